The molecule has 2 heteroatoms. The molecule has 0 aliphatic carbocycles. The molecule has 0 saturated carbocycles. The minimum Gasteiger partial charge on any atom is -0.0843 e. The molecule has 0 aromatic heterocycles. The lowest BCUT2D eigenvalue weighted by Crippen LogP contribution is -1.79. The topological polar surface area (TPSA) is 0 Å². The average molecular weight is 292 g/mol. The molecule has 0 unspecified atom stereocenters. The van der Waals surface area contributed by atoms with Crippen molar-refractivity contribution in [2.24, 2.45) is 0 Å². The van der Waals surface area contributed by atoms with Gasteiger partial charge in [-0.15, -0.1) is 0 Å². The SMILES string of the molecule is Clc1ccc2cc(Br)c3ccccc3c2c1. The van der Waals surface area contributed by atoms with Crippen molar-refractivity contribution in [3.8, 4) is 0 Å². The van der Waals surface area contributed by atoms with E-state index in [0.29, 0.717) is 0 Å². The Morgan fingerprint density at radius 3 is 2.38 bits per heavy atom. The fourth-order valence-corrected chi connectivity index (χ4v) is 2.79. The quantitative estimate of drug-likeness (QED) is 0.486. The van der Waals surface area contributed by atoms with Crippen LogP contribution in [0.1, 0.15) is 0 Å². The Kier molecular flexibility index (Phi) is 2.38. The summed E-state index contributed by atoms with van der Waals surface area (Å²) in [7, 11) is 0. The molecule has 0 N–H and O–H groups in total. The van der Waals surface area contributed by atoms with Crippen molar-refractivity contribution in [3.05, 3.63) is 58.0 Å². The van der Waals surface area contributed by atoms with Crippen molar-refractivity contribution in [2.45, 2.75) is 0 Å². The van der Waals surface area contributed by atoms with Gasteiger partial charge in [0.05, 0.1) is 0 Å². The molecule has 0 heterocycles. The van der Waals surface area contributed by atoms with Crippen LogP contribution in [0.3, 0.4) is 0 Å². The zero-order chi connectivity index (χ0) is 11.1. The predicted molar refractivity (Wildman–Crippen MR) is 74.2 cm³/mol. The largest absolute Gasteiger partial charge is 0.0843 e. The van der Waals surface area contributed by atoms with Gasteiger partial charge in [0.15, 0.2) is 0 Å². The molecule has 3 aromatic carbocycles. The lowest BCUT2D eigenvalue weighted by Gasteiger charge is -2.06. The van der Waals surface area contributed by atoms with Crippen LogP contribution < -0.4 is 0 Å². The minimum atomic E-state index is 0.778. The highest BCUT2D eigenvalue weighted by atomic mass is 79.9. The van der Waals surface area contributed by atoms with Gasteiger partial charge in [0.2, 0.25) is 0 Å². The van der Waals surface area contributed by atoms with E-state index in [0.717, 1.165) is 9.50 Å². The molecule has 0 spiro atoms. The summed E-state index contributed by atoms with van der Waals surface area (Å²) < 4.78 is 1.12. The Morgan fingerprint density at radius 1 is 0.812 bits per heavy atom. The zero-order valence-electron chi connectivity index (χ0n) is 8.37. The van der Waals surface area contributed by atoms with Crippen LogP contribution in [-0.4, -0.2) is 0 Å². The summed E-state index contributed by atoms with van der Waals surface area (Å²) >= 11 is 9.65. The molecule has 0 bridgehead atoms. The summed E-state index contributed by atoms with van der Waals surface area (Å²) in [4.78, 5) is 0. The second-order valence-corrected chi connectivity index (χ2v) is 5.06. The molecule has 0 fully saturated rings. The van der Waals surface area contributed by atoms with Crippen molar-refractivity contribution in [1.29, 1.82) is 0 Å². The molecule has 3 rings (SSSR count). The van der Waals surface area contributed by atoms with Gasteiger partial charge >= 0.3 is 0 Å². The van der Waals surface area contributed by atoms with Gasteiger partial charge in [-0.2, -0.15) is 0 Å². The van der Waals surface area contributed by atoms with Gasteiger partial charge in [0.25, 0.3) is 0 Å². The Balaban J connectivity index is 2.61. The molecule has 0 amide bonds. The van der Waals surface area contributed by atoms with Crippen molar-refractivity contribution in [3.63, 3.8) is 0 Å². The molecule has 0 saturated heterocycles. The Bertz CT molecular complexity index is 689. The fraction of sp³-hybridized carbons (Fsp3) is 0. The van der Waals surface area contributed by atoms with Gasteiger partial charge in [-0.3, -0.25) is 0 Å². The van der Waals surface area contributed by atoms with Crippen LogP contribution >= 0.6 is 27.5 Å². The highest BCUT2D eigenvalue weighted by molar-refractivity contribution is 9.10. The standard InChI is InChI=1S/C14H8BrCl/c15-14-7-9-5-6-10(16)8-13(9)11-3-1-2-4-12(11)14/h1-8H. The van der Waals surface area contributed by atoms with Crippen LogP contribution in [0.4, 0.5) is 0 Å². The smallest absolute Gasteiger partial charge is 0.0412 e. The number of hydrogen-bond acceptors (Lipinski definition) is 0. The van der Waals surface area contributed by atoms with Crippen molar-refractivity contribution in [2.75, 3.05) is 0 Å². The van der Waals surface area contributed by atoms with E-state index in [1.165, 1.54) is 21.5 Å². The third-order valence-electron chi connectivity index (χ3n) is 2.77. The predicted octanol–water partition coefficient (Wildman–Crippen LogP) is 5.41. The average Bonchev–Trinajstić information content (AvgIpc) is 2.31. The first-order chi connectivity index (χ1) is 7.75. The van der Waals surface area contributed by atoms with Crippen LogP contribution in [0.15, 0.2) is 53.0 Å². The van der Waals surface area contributed by atoms with E-state index >= 15 is 0 Å². The zero-order valence-corrected chi connectivity index (χ0v) is 10.7. The van der Waals surface area contributed by atoms with E-state index in [4.69, 9.17) is 11.6 Å². The summed E-state index contributed by atoms with van der Waals surface area (Å²) in [6.07, 6.45) is 0. The van der Waals surface area contributed by atoms with Crippen LogP contribution in [0.5, 0.6) is 0 Å². The number of fused-ring (bicyclic) bond motifs is 3. The Labute approximate surface area is 107 Å². The third kappa shape index (κ3) is 1.51. The lowest BCUT2D eigenvalue weighted by molar-refractivity contribution is 1.73. The van der Waals surface area contributed by atoms with Crippen molar-refractivity contribution < 1.29 is 0 Å². The maximum absolute atomic E-state index is 6.05. The van der Waals surface area contributed by atoms with E-state index in [1.54, 1.807) is 0 Å². The van der Waals surface area contributed by atoms with Gasteiger partial charge in [-0.1, -0.05) is 57.9 Å². The summed E-state index contributed by atoms with van der Waals surface area (Å²) in [6, 6.07) is 16.5. The molecule has 16 heavy (non-hydrogen) atoms. The van der Waals surface area contributed by atoms with E-state index in [9.17, 15) is 0 Å². The molecule has 0 aliphatic heterocycles. The number of rotatable bonds is 0. The van der Waals surface area contributed by atoms with Crippen LogP contribution in [-0.2, 0) is 0 Å². The van der Waals surface area contributed by atoms with Gasteiger partial charge in [-0.05, 0) is 39.7 Å². The Hall–Kier alpha value is -1.05. The first kappa shape index (κ1) is 10.1. The number of halogens is 2. The van der Waals surface area contributed by atoms with Crippen molar-refractivity contribution in [1.82, 2.24) is 0 Å². The summed E-state index contributed by atoms with van der Waals surface area (Å²) in [5.74, 6) is 0. The number of hydrogen-bond donors (Lipinski definition) is 0. The molecule has 0 nitrogen and oxygen atoms in total. The maximum Gasteiger partial charge on any atom is 0.0412 e. The molecule has 78 valence electrons. The summed E-state index contributed by atoms with van der Waals surface area (Å²) in [6.45, 7) is 0. The molecule has 0 radical (unpaired) electrons. The lowest BCUT2D eigenvalue weighted by atomic mass is 10.0. The normalized spacial score (nSPS) is 11.1. The van der Waals surface area contributed by atoms with E-state index in [1.807, 2.05) is 18.2 Å². The molecule has 3 aromatic rings. The third-order valence-corrected chi connectivity index (χ3v) is 3.66. The van der Waals surface area contributed by atoms with Gasteiger partial charge in [-0.25, -0.2) is 0 Å². The monoisotopic (exact) mass is 290 g/mol. The second-order valence-electron chi connectivity index (χ2n) is 3.77. The van der Waals surface area contributed by atoms with E-state index in [-0.39, 0.29) is 0 Å². The maximum atomic E-state index is 6.05. The van der Waals surface area contributed by atoms with Gasteiger partial charge < -0.3 is 0 Å². The van der Waals surface area contributed by atoms with Gasteiger partial charge in [0, 0.05) is 9.50 Å². The highest BCUT2D eigenvalue weighted by Crippen LogP contribution is 2.33. The second kappa shape index (κ2) is 3.76. The van der Waals surface area contributed by atoms with E-state index < -0.39 is 0 Å². The molecular formula is C14H8BrCl. The molecule has 0 aliphatic rings. The minimum absolute atomic E-state index is 0.778. The summed E-state index contributed by atoms with van der Waals surface area (Å²) in [5.41, 5.74) is 0. The first-order valence-electron chi connectivity index (χ1n) is 5.02. The molecular weight excluding hydrogens is 284 g/mol. The Morgan fingerprint density at radius 2 is 1.56 bits per heavy atom. The summed E-state index contributed by atoms with van der Waals surface area (Å²) in [5, 5.41) is 5.63. The van der Waals surface area contributed by atoms with Gasteiger partial charge in [0.1, 0.15) is 0 Å². The highest BCUT2D eigenvalue weighted by Gasteiger charge is 2.04. The number of benzene rings is 3. The van der Waals surface area contributed by atoms with E-state index in [2.05, 4.69) is 46.3 Å². The van der Waals surface area contributed by atoms with Crippen LogP contribution in [0.25, 0.3) is 21.5 Å². The van der Waals surface area contributed by atoms with Crippen molar-refractivity contribution >= 4 is 49.1 Å². The van der Waals surface area contributed by atoms with Crippen LogP contribution in [0, 0.1) is 0 Å². The molecule has 0 atom stereocenters. The fourth-order valence-electron chi connectivity index (χ4n) is 2.03. The first-order valence-corrected chi connectivity index (χ1v) is 6.19. The van der Waals surface area contributed by atoms with Crippen LogP contribution in [0.2, 0.25) is 5.02 Å².